The number of aryl methyl sites for hydroxylation is 1. The Hall–Kier alpha value is -2.41. The Morgan fingerprint density at radius 1 is 1.20 bits per heavy atom. The molecular formula is C18H16F2N2O2S. The SMILES string of the molecule is Cc1cccc(NC(=O)C2CSCN2C(=O)c2cccc(F)c2F)c1. The van der Waals surface area contributed by atoms with Crippen molar-refractivity contribution in [1.82, 2.24) is 4.90 Å². The first-order valence-electron chi connectivity index (χ1n) is 7.67. The number of hydrogen-bond acceptors (Lipinski definition) is 3. The molecule has 1 aliphatic heterocycles. The van der Waals surface area contributed by atoms with E-state index < -0.39 is 23.6 Å². The Balaban J connectivity index is 1.79. The molecule has 3 rings (SSSR count). The van der Waals surface area contributed by atoms with E-state index in [0.29, 0.717) is 11.4 Å². The average Bonchev–Trinajstić information content (AvgIpc) is 3.06. The number of nitrogens with zero attached hydrogens (tertiary/aromatic N) is 1. The summed E-state index contributed by atoms with van der Waals surface area (Å²) >= 11 is 1.39. The van der Waals surface area contributed by atoms with Gasteiger partial charge in [-0.25, -0.2) is 8.78 Å². The van der Waals surface area contributed by atoms with Crippen molar-refractivity contribution in [1.29, 1.82) is 0 Å². The molecule has 2 aromatic rings. The number of hydrogen-bond donors (Lipinski definition) is 1. The Labute approximate surface area is 148 Å². The zero-order valence-electron chi connectivity index (χ0n) is 13.5. The van der Waals surface area contributed by atoms with Crippen molar-refractivity contribution in [3.8, 4) is 0 Å². The molecule has 1 fully saturated rings. The van der Waals surface area contributed by atoms with E-state index >= 15 is 0 Å². The van der Waals surface area contributed by atoms with Crippen LogP contribution in [-0.4, -0.2) is 34.4 Å². The van der Waals surface area contributed by atoms with Crippen LogP contribution in [0.15, 0.2) is 42.5 Å². The van der Waals surface area contributed by atoms with Gasteiger partial charge in [0.2, 0.25) is 5.91 Å². The van der Waals surface area contributed by atoms with Gasteiger partial charge in [0.25, 0.3) is 5.91 Å². The molecule has 0 spiro atoms. The third-order valence-corrected chi connectivity index (χ3v) is 4.93. The highest BCUT2D eigenvalue weighted by atomic mass is 32.2. The fraction of sp³-hybridized carbons (Fsp3) is 0.222. The molecule has 2 amide bonds. The largest absolute Gasteiger partial charge is 0.324 e. The Morgan fingerprint density at radius 3 is 2.72 bits per heavy atom. The Bertz CT molecular complexity index is 828. The summed E-state index contributed by atoms with van der Waals surface area (Å²) in [7, 11) is 0. The molecule has 0 radical (unpaired) electrons. The molecule has 0 saturated carbocycles. The first kappa shape index (κ1) is 17.4. The van der Waals surface area contributed by atoms with Crippen molar-refractivity contribution in [2.75, 3.05) is 16.9 Å². The van der Waals surface area contributed by atoms with Gasteiger partial charge in [-0.2, -0.15) is 0 Å². The van der Waals surface area contributed by atoms with Crippen molar-refractivity contribution < 1.29 is 18.4 Å². The summed E-state index contributed by atoms with van der Waals surface area (Å²) in [6.45, 7) is 1.91. The second kappa shape index (κ2) is 7.23. The van der Waals surface area contributed by atoms with Gasteiger partial charge in [-0.3, -0.25) is 9.59 Å². The van der Waals surface area contributed by atoms with Gasteiger partial charge in [0.1, 0.15) is 6.04 Å². The number of carbonyl (C=O) groups excluding carboxylic acids is 2. The minimum absolute atomic E-state index is 0.251. The number of amides is 2. The quantitative estimate of drug-likeness (QED) is 0.910. The molecule has 1 saturated heterocycles. The second-order valence-electron chi connectivity index (χ2n) is 5.75. The van der Waals surface area contributed by atoms with E-state index in [1.165, 1.54) is 28.8 Å². The molecule has 1 aliphatic rings. The highest BCUT2D eigenvalue weighted by Crippen LogP contribution is 2.25. The van der Waals surface area contributed by atoms with Crippen LogP contribution in [0.4, 0.5) is 14.5 Å². The summed E-state index contributed by atoms with van der Waals surface area (Å²) < 4.78 is 27.3. The van der Waals surface area contributed by atoms with Crippen LogP contribution in [0.5, 0.6) is 0 Å². The van der Waals surface area contributed by atoms with Gasteiger partial charge in [-0.05, 0) is 36.8 Å². The number of benzene rings is 2. The standard InChI is InChI=1S/C18H16F2N2O2S/c1-11-4-2-5-12(8-11)21-17(23)15-9-25-10-22(15)18(24)13-6-3-7-14(19)16(13)20/h2-8,15H,9-10H2,1H3,(H,21,23). The van der Waals surface area contributed by atoms with Gasteiger partial charge in [0.15, 0.2) is 11.6 Å². The lowest BCUT2D eigenvalue weighted by atomic mass is 10.1. The lowest BCUT2D eigenvalue weighted by Crippen LogP contribution is -2.44. The smallest absolute Gasteiger partial charge is 0.258 e. The summed E-state index contributed by atoms with van der Waals surface area (Å²) in [5, 5.41) is 2.77. The molecular weight excluding hydrogens is 346 g/mol. The number of nitrogens with one attached hydrogen (secondary N) is 1. The molecule has 7 heteroatoms. The molecule has 1 atom stereocenters. The zero-order chi connectivity index (χ0) is 18.0. The van der Waals surface area contributed by atoms with Crippen molar-refractivity contribution in [2.24, 2.45) is 0 Å². The molecule has 1 N–H and O–H groups in total. The average molecular weight is 362 g/mol. The van der Waals surface area contributed by atoms with Crippen LogP contribution in [-0.2, 0) is 4.79 Å². The number of thioether (sulfide) groups is 1. The molecule has 1 heterocycles. The predicted molar refractivity (Wildman–Crippen MR) is 93.4 cm³/mol. The Morgan fingerprint density at radius 2 is 1.96 bits per heavy atom. The van der Waals surface area contributed by atoms with Crippen molar-refractivity contribution in [3.63, 3.8) is 0 Å². The monoisotopic (exact) mass is 362 g/mol. The minimum Gasteiger partial charge on any atom is -0.324 e. The third-order valence-electron chi connectivity index (χ3n) is 3.91. The summed E-state index contributed by atoms with van der Waals surface area (Å²) in [6, 6.07) is 10.0. The molecule has 0 bridgehead atoms. The van der Waals surface area contributed by atoms with Crippen LogP contribution in [0, 0.1) is 18.6 Å². The lowest BCUT2D eigenvalue weighted by molar-refractivity contribution is -0.119. The molecule has 2 aromatic carbocycles. The summed E-state index contributed by atoms with van der Waals surface area (Å²) in [4.78, 5) is 26.4. The van der Waals surface area contributed by atoms with E-state index in [-0.39, 0.29) is 17.3 Å². The van der Waals surface area contributed by atoms with Crippen molar-refractivity contribution >= 4 is 29.3 Å². The maximum absolute atomic E-state index is 13.9. The molecule has 0 aromatic heterocycles. The fourth-order valence-electron chi connectivity index (χ4n) is 2.63. The summed E-state index contributed by atoms with van der Waals surface area (Å²) in [5.41, 5.74) is 1.26. The van der Waals surface area contributed by atoms with E-state index in [9.17, 15) is 18.4 Å². The number of anilines is 1. The lowest BCUT2D eigenvalue weighted by Gasteiger charge is -2.23. The van der Waals surface area contributed by atoms with E-state index in [1.54, 1.807) is 6.07 Å². The van der Waals surface area contributed by atoms with E-state index in [4.69, 9.17) is 0 Å². The first-order valence-corrected chi connectivity index (χ1v) is 8.83. The number of halogens is 2. The van der Waals surface area contributed by atoms with E-state index in [1.807, 2.05) is 25.1 Å². The van der Waals surface area contributed by atoms with Crippen molar-refractivity contribution in [2.45, 2.75) is 13.0 Å². The second-order valence-corrected chi connectivity index (χ2v) is 6.75. The highest BCUT2D eigenvalue weighted by Gasteiger charge is 2.36. The topological polar surface area (TPSA) is 49.4 Å². The molecule has 1 unspecified atom stereocenters. The summed E-state index contributed by atoms with van der Waals surface area (Å²) in [5.74, 6) is -2.66. The van der Waals surface area contributed by atoms with Gasteiger partial charge < -0.3 is 10.2 Å². The molecule has 4 nitrogen and oxygen atoms in total. The maximum Gasteiger partial charge on any atom is 0.258 e. The first-order chi connectivity index (χ1) is 12.0. The van der Waals surface area contributed by atoms with Crippen LogP contribution in [0.25, 0.3) is 0 Å². The zero-order valence-corrected chi connectivity index (χ0v) is 14.3. The molecule has 130 valence electrons. The van der Waals surface area contributed by atoms with Gasteiger partial charge >= 0.3 is 0 Å². The van der Waals surface area contributed by atoms with Crippen LogP contribution >= 0.6 is 11.8 Å². The van der Waals surface area contributed by atoms with Gasteiger partial charge in [0.05, 0.1) is 11.4 Å². The normalized spacial score (nSPS) is 16.8. The van der Waals surface area contributed by atoms with Crippen LogP contribution in [0.1, 0.15) is 15.9 Å². The van der Waals surface area contributed by atoms with Gasteiger partial charge in [-0.1, -0.05) is 18.2 Å². The highest BCUT2D eigenvalue weighted by molar-refractivity contribution is 7.99. The molecule has 0 aliphatic carbocycles. The van der Waals surface area contributed by atoms with Gasteiger partial charge in [0, 0.05) is 11.4 Å². The minimum atomic E-state index is -1.19. The van der Waals surface area contributed by atoms with Crippen LogP contribution in [0.3, 0.4) is 0 Å². The molecule has 25 heavy (non-hydrogen) atoms. The third kappa shape index (κ3) is 3.66. The van der Waals surface area contributed by atoms with Crippen molar-refractivity contribution in [3.05, 3.63) is 65.2 Å². The predicted octanol–water partition coefficient (Wildman–Crippen LogP) is 3.43. The number of rotatable bonds is 3. The van der Waals surface area contributed by atoms with Crippen LogP contribution < -0.4 is 5.32 Å². The van der Waals surface area contributed by atoms with E-state index in [0.717, 1.165) is 11.6 Å². The van der Waals surface area contributed by atoms with Crippen LogP contribution in [0.2, 0.25) is 0 Å². The fourth-order valence-corrected chi connectivity index (χ4v) is 3.79. The van der Waals surface area contributed by atoms with E-state index in [2.05, 4.69) is 5.32 Å². The number of carbonyl (C=O) groups is 2. The summed E-state index contributed by atoms with van der Waals surface area (Å²) in [6.07, 6.45) is 0. The maximum atomic E-state index is 13.9. The van der Waals surface area contributed by atoms with Gasteiger partial charge in [-0.15, -0.1) is 11.8 Å². The Kier molecular flexibility index (Phi) is 5.03.